The summed E-state index contributed by atoms with van der Waals surface area (Å²) in [4.78, 5) is 12.5. The van der Waals surface area contributed by atoms with Gasteiger partial charge in [-0.25, -0.2) is 0 Å². The van der Waals surface area contributed by atoms with Crippen molar-refractivity contribution in [3.8, 4) is 5.75 Å². The molecule has 0 N–H and O–H groups in total. The third-order valence-corrected chi connectivity index (χ3v) is 6.38. The van der Waals surface area contributed by atoms with Gasteiger partial charge in [0.2, 0.25) is 0 Å². The van der Waals surface area contributed by atoms with Gasteiger partial charge in [0.1, 0.15) is 17.1 Å². The van der Waals surface area contributed by atoms with Crippen molar-refractivity contribution in [1.82, 2.24) is 0 Å². The Morgan fingerprint density at radius 2 is 1.48 bits per heavy atom. The van der Waals surface area contributed by atoms with Crippen LogP contribution in [0.2, 0.25) is 0 Å². The Hall–Kier alpha value is -2.55. The summed E-state index contributed by atoms with van der Waals surface area (Å²) < 4.78 is 11.7. The van der Waals surface area contributed by atoms with Gasteiger partial charge >= 0.3 is 5.97 Å². The summed E-state index contributed by atoms with van der Waals surface area (Å²) in [6.07, 6.45) is 11.2. The molecule has 0 atom stereocenters. The van der Waals surface area contributed by atoms with E-state index in [1.54, 1.807) is 12.2 Å². The van der Waals surface area contributed by atoms with E-state index in [9.17, 15) is 4.79 Å². The number of rotatable bonds is 13. The molecule has 0 aromatic heterocycles. The van der Waals surface area contributed by atoms with Crippen molar-refractivity contribution in [3.63, 3.8) is 0 Å². The quantitative estimate of drug-likeness (QED) is 0.184. The molecule has 3 heteroatoms. The van der Waals surface area contributed by atoms with E-state index in [0.29, 0.717) is 5.76 Å². The van der Waals surface area contributed by atoms with Crippen molar-refractivity contribution >= 4 is 5.97 Å². The van der Waals surface area contributed by atoms with Crippen LogP contribution in [0.15, 0.2) is 73.1 Å². The molecule has 0 aliphatic heterocycles. The smallest absolute Gasteiger partial charge is 0.317 e. The summed E-state index contributed by atoms with van der Waals surface area (Å²) in [5, 5.41) is 0. The molecule has 0 aliphatic carbocycles. The molecular formula is C28H40O3. The Morgan fingerprint density at radius 3 is 1.94 bits per heavy atom. The Kier molecular flexibility index (Phi) is 10.5. The zero-order chi connectivity index (χ0) is 23.5. The first-order chi connectivity index (χ1) is 14.7. The fraction of sp³-hybridized carbons (Fsp3) is 0.464. The van der Waals surface area contributed by atoms with Gasteiger partial charge in [-0.1, -0.05) is 65.1 Å². The number of carbonyl (C=O) groups is 1. The number of hydrogen-bond donors (Lipinski definition) is 0. The normalized spacial score (nSPS) is 13.0. The molecular weight excluding hydrogens is 384 g/mol. The Bertz CT molecular complexity index is 788. The second kappa shape index (κ2) is 12.3. The van der Waals surface area contributed by atoms with Gasteiger partial charge in [-0.15, -0.1) is 0 Å². The lowest BCUT2D eigenvalue weighted by atomic mass is 9.85. The average Bonchev–Trinajstić information content (AvgIpc) is 2.80. The maximum Gasteiger partial charge on any atom is 0.317 e. The Labute approximate surface area is 189 Å². The van der Waals surface area contributed by atoms with Gasteiger partial charge in [-0.3, -0.25) is 4.79 Å². The van der Waals surface area contributed by atoms with Crippen LogP contribution in [-0.4, -0.2) is 11.6 Å². The summed E-state index contributed by atoms with van der Waals surface area (Å²) in [5.74, 6) is 1.10. The summed E-state index contributed by atoms with van der Waals surface area (Å²) in [7, 11) is 0. The monoisotopic (exact) mass is 424 g/mol. The highest BCUT2D eigenvalue weighted by atomic mass is 16.5. The summed E-state index contributed by atoms with van der Waals surface area (Å²) in [6.45, 7) is 20.0. The highest BCUT2D eigenvalue weighted by molar-refractivity contribution is 5.77. The summed E-state index contributed by atoms with van der Waals surface area (Å²) in [6, 6.07) is 8.18. The van der Waals surface area contributed by atoms with Crippen LogP contribution in [-0.2, 0) is 16.0 Å². The van der Waals surface area contributed by atoms with Crippen molar-refractivity contribution < 1.29 is 14.3 Å². The number of allylic oxidation sites excluding steroid dienone is 5. The minimum Gasteiger partial charge on any atom is -0.488 e. The second-order valence-corrected chi connectivity index (χ2v) is 8.46. The molecule has 1 rings (SSSR count). The molecule has 1 aromatic rings. The molecule has 0 fully saturated rings. The van der Waals surface area contributed by atoms with Crippen LogP contribution < -0.4 is 4.74 Å². The average molecular weight is 425 g/mol. The predicted molar refractivity (Wildman–Crippen MR) is 131 cm³/mol. The van der Waals surface area contributed by atoms with E-state index in [-0.39, 0.29) is 11.6 Å². The molecule has 0 aliphatic rings. The lowest BCUT2D eigenvalue weighted by Crippen LogP contribution is -2.30. The van der Waals surface area contributed by atoms with Crippen molar-refractivity contribution in [2.24, 2.45) is 5.41 Å². The van der Waals surface area contributed by atoms with Crippen LogP contribution in [0.1, 0.15) is 72.8 Å². The maximum absolute atomic E-state index is 12.5. The zero-order valence-electron chi connectivity index (χ0n) is 20.3. The maximum atomic E-state index is 12.5. The third-order valence-electron chi connectivity index (χ3n) is 6.38. The Morgan fingerprint density at radius 1 is 0.903 bits per heavy atom. The number of hydrogen-bond acceptors (Lipinski definition) is 3. The van der Waals surface area contributed by atoms with Crippen LogP contribution in [0.3, 0.4) is 0 Å². The van der Waals surface area contributed by atoms with Gasteiger partial charge in [0.25, 0.3) is 0 Å². The molecule has 3 nitrogen and oxygen atoms in total. The lowest BCUT2D eigenvalue weighted by molar-refractivity contribution is -0.150. The van der Waals surface area contributed by atoms with Gasteiger partial charge in [-0.2, -0.15) is 0 Å². The molecule has 0 saturated carbocycles. The first-order valence-corrected chi connectivity index (χ1v) is 11.3. The first-order valence-electron chi connectivity index (χ1n) is 11.3. The van der Waals surface area contributed by atoms with Crippen molar-refractivity contribution in [3.05, 3.63) is 78.6 Å². The van der Waals surface area contributed by atoms with Crippen molar-refractivity contribution in [2.75, 3.05) is 0 Å². The minimum absolute atomic E-state index is 0.136. The largest absolute Gasteiger partial charge is 0.488 e. The molecule has 0 spiro atoms. The van der Waals surface area contributed by atoms with Crippen molar-refractivity contribution in [2.45, 2.75) is 79.2 Å². The van der Waals surface area contributed by atoms with Gasteiger partial charge in [0.05, 0.1) is 5.41 Å². The molecule has 0 unspecified atom stereocenters. The Balaban J connectivity index is 2.90. The van der Waals surface area contributed by atoms with Crippen LogP contribution >= 0.6 is 0 Å². The van der Waals surface area contributed by atoms with Crippen LogP contribution in [0, 0.1) is 5.41 Å². The number of ether oxygens (including phenoxy) is 2. The van der Waals surface area contributed by atoms with Crippen LogP contribution in [0.25, 0.3) is 0 Å². The number of benzene rings is 1. The minimum atomic E-state index is -0.484. The molecule has 0 heterocycles. The molecule has 31 heavy (non-hydrogen) atoms. The SMILES string of the molecule is C=C/C(=C\C=C(/C=C)OC(=O)C(C)(CC)CC)Cc1ccc(OC(C)(CC)CC)cc1. The first kappa shape index (κ1) is 26.5. The second-order valence-electron chi connectivity index (χ2n) is 8.46. The molecule has 1 aromatic carbocycles. The van der Waals surface area contributed by atoms with Gasteiger partial charge < -0.3 is 9.47 Å². The van der Waals surface area contributed by atoms with E-state index in [0.717, 1.165) is 49.0 Å². The van der Waals surface area contributed by atoms with E-state index < -0.39 is 5.41 Å². The lowest BCUT2D eigenvalue weighted by Gasteiger charge is -2.28. The molecule has 170 valence electrons. The molecule has 0 amide bonds. The highest BCUT2D eigenvalue weighted by Crippen LogP contribution is 2.28. The van der Waals surface area contributed by atoms with E-state index in [1.165, 1.54) is 0 Å². The topological polar surface area (TPSA) is 35.5 Å². The van der Waals surface area contributed by atoms with Crippen LogP contribution in [0.4, 0.5) is 0 Å². The summed E-state index contributed by atoms with van der Waals surface area (Å²) >= 11 is 0. The molecule has 0 saturated heterocycles. The van der Waals surface area contributed by atoms with Gasteiger partial charge in [0.15, 0.2) is 0 Å². The number of esters is 1. The summed E-state index contributed by atoms with van der Waals surface area (Å²) in [5.41, 5.74) is 1.55. The predicted octanol–water partition coefficient (Wildman–Crippen LogP) is 7.74. The van der Waals surface area contributed by atoms with Crippen LogP contribution in [0.5, 0.6) is 5.75 Å². The number of carbonyl (C=O) groups excluding carboxylic acids is 1. The molecule has 0 radical (unpaired) electrons. The zero-order valence-corrected chi connectivity index (χ0v) is 20.3. The highest BCUT2D eigenvalue weighted by Gasteiger charge is 2.31. The third kappa shape index (κ3) is 7.90. The van der Waals surface area contributed by atoms with E-state index >= 15 is 0 Å². The van der Waals surface area contributed by atoms with E-state index in [4.69, 9.17) is 9.47 Å². The van der Waals surface area contributed by atoms with E-state index in [2.05, 4.69) is 46.1 Å². The van der Waals surface area contributed by atoms with Gasteiger partial charge in [0, 0.05) is 0 Å². The molecule has 0 bridgehead atoms. The van der Waals surface area contributed by atoms with E-state index in [1.807, 2.05) is 45.1 Å². The van der Waals surface area contributed by atoms with Crippen molar-refractivity contribution in [1.29, 1.82) is 0 Å². The van der Waals surface area contributed by atoms with Gasteiger partial charge in [-0.05, 0) is 81.4 Å². The fourth-order valence-corrected chi connectivity index (χ4v) is 2.89. The standard InChI is InChI=1S/C28H40O3/c1-9-22(15-18-24(10-2)30-26(29)27(7,11-3)12-4)21-23-16-19-25(20-17-23)31-28(8,13-5)14-6/h9-10,15-20H,1-2,11-14,21H2,3-8H3/b22-15+,24-18+. The fourth-order valence-electron chi connectivity index (χ4n) is 2.89.